The van der Waals surface area contributed by atoms with Gasteiger partial charge in [-0.15, -0.1) is 11.8 Å². The van der Waals surface area contributed by atoms with Crippen molar-refractivity contribution in [2.24, 2.45) is 0 Å². The molecule has 6 heteroatoms. The fourth-order valence-corrected chi connectivity index (χ4v) is 2.58. The van der Waals surface area contributed by atoms with Crippen LogP contribution in [0.4, 0.5) is 4.39 Å². The fraction of sp³-hybridized carbons (Fsp3) is 0.267. The number of amides is 1. The summed E-state index contributed by atoms with van der Waals surface area (Å²) < 4.78 is 18.4. The molecule has 1 amide bonds. The Morgan fingerprint density at radius 2 is 2.14 bits per heavy atom. The second kappa shape index (κ2) is 7.85. The molecule has 0 aliphatic carbocycles. The molecule has 21 heavy (non-hydrogen) atoms. The van der Waals surface area contributed by atoms with Crippen LogP contribution in [0.15, 0.2) is 52.0 Å². The molecule has 1 aromatic carbocycles. The van der Waals surface area contributed by atoms with Gasteiger partial charge in [-0.1, -0.05) is 12.1 Å². The summed E-state index contributed by atoms with van der Waals surface area (Å²) in [6.45, 7) is 0.0940. The van der Waals surface area contributed by atoms with Crippen molar-refractivity contribution in [1.82, 2.24) is 5.32 Å². The quantitative estimate of drug-likeness (QED) is 0.772. The summed E-state index contributed by atoms with van der Waals surface area (Å²) >= 11 is 1.29. The molecule has 0 fully saturated rings. The van der Waals surface area contributed by atoms with Crippen molar-refractivity contribution in [3.8, 4) is 0 Å². The number of furan rings is 1. The number of hydrogen-bond donors (Lipinski definition) is 2. The lowest BCUT2D eigenvalue weighted by Gasteiger charge is -2.09. The van der Waals surface area contributed by atoms with Gasteiger partial charge in [-0.3, -0.25) is 4.79 Å². The number of rotatable bonds is 7. The van der Waals surface area contributed by atoms with Gasteiger partial charge in [0.25, 0.3) is 0 Å². The highest BCUT2D eigenvalue weighted by Gasteiger charge is 2.12. The zero-order valence-corrected chi connectivity index (χ0v) is 12.1. The van der Waals surface area contributed by atoms with Gasteiger partial charge in [-0.05, 0) is 24.3 Å². The van der Waals surface area contributed by atoms with Crippen molar-refractivity contribution in [1.29, 1.82) is 0 Å². The van der Waals surface area contributed by atoms with Crippen LogP contribution in [0.5, 0.6) is 0 Å². The van der Waals surface area contributed by atoms with Gasteiger partial charge in [0.15, 0.2) is 0 Å². The zero-order valence-electron chi connectivity index (χ0n) is 11.3. The van der Waals surface area contributed by atoms with Crippen LogP contribution in [-0.2, 0) is 4.79 Å². The molecule has 0 bridgehead atoms. The van der Waals surface area contributed by atoms with E-state index in [1.807, 2.05) is 0 Å². The number of benzene rings is 1. The molecule has 4 nitrogen and oxygen atoms in total. The second-order valence-corrected chi connectivity index (χ2v) is 5.50. The molecule has 0 spiro atoms. The van der Waals surface area contributed by atoms with E-state index in [0.717, 1.165) is 0 Å². The van der Waals surface area contributed by atoms with Gasteiger partial charge in [-0.2, -0.15) is 0 Å². The minimum atomic E-state index is -0.858. The molecule has 1 unspecified atom stereocenters. The van der Waals surface area contributed by atoms with E-state index in [1.54, 1.807) is 30.3 Å². The maximum Gasteiger partial charge on any atom is 0.220 e. The molecule has 0 aliphatic rings. The monoisotopic (exact) mass is 309 g/mol. The van der Waals surface area contributed by atoms with Crippen LogP contribution in [0.2, 0.25) is 0 Å². The average Bonchev–Trinajstić information content (AvgIpc) is 3.01. The highest BCUT2D eigenvalue weighted by Crippen LogP contribution is 2.21. The number of nitrogens with one attached hydrogen (secondary N) is 1. The lowest BCUT2D eigenvalue weighted by atomic mass is 10.2. The maximum absolute atomic E-state index is 13.4. The molecular weight excluding hydrogens is 293 g/mol. The number of aliphatic hydroxyl groups is 1. The van der Waals surface area contributed by atoms with Crippen LogP contribution in [0.3, 0.4) is 0 Å². The predicted molar refractivity (Wildman–Crippen MR) is 78.4 cm³/mol. The first-order chi connectivity index (χ1) is 10.2. The Labute approximate surface area is 126 Å². The third-order valence-corrected chi connectivity index (χ3v) is 3.84. The first-order valence-electron chi connectivity index (χ1n) is 6.52. The van der Waals surface area contributed by atoms with Gasteiger partial charge >= 0.3 is 0 Å². The van der Waals surface area contributed by atoms with Crippen molar-refractivity contribution in [3.63, 3.8) is 0 Å². The molecule has 112 valence electrons. The number of carbonyl (C=O) groups excluding carboxylic acids is 1. The Morgan fingerprint density at radius 3 is 2.86 bits per heavy atom. The second-order valence-electron chi connectivity index (χ2n) is 4.36. The van der Waals surface area contributed by atoms with Crippen molar-refractivity contribution < 1.29 is 18.7 Å². The summed E-state index contributed by atoms with van der Waals surface area (Å²) in [4.78, 5) is 12.2. The van der Waals surface area contributed by atoms with Gasteiger partial charge in [-0.25, -0.2) is 4.39 Å². The molecule has 2 N–H and O–H groups in total. The molecule has 0 aliphatic heterocycles. The van der Waals surface area contributed by atoms with Crippen molar-refractivity contribution in [2.45, 2.75) is 17.4 Å². The van der Waals surface area contributed by atoms with Gasteiger partial charge in [0, 0.05) is 17.1 Å². The Morgan fingerprint density at radius 1 is 1.33 bits per heavy atom. The number of thioether (sulfide) groups is 1. The van der Waals surface area contributed by atoms with Crippen LogP contribution in [0, 0.1) is 5.82 Å². The van der Waals surface area contributed by atoms with E-state index in [4.69, 9.17) is 4.42 Å². The molecule has 1 aromatic heterocycles. The third-order valence-electron chi connectivity index (χ3n) is 2.79. The third kappa shape index (κ3) is 4.91. The van der Waals surface area contributed by atoms with Crippen LogP contribution in [0.1, 0.15) is 18.3 Å². The fourth-order valence-electron chi connectivity index (χ4n) is 1.70. The molecular formula is C15H16FNO3S. The first kappa shape index (κ1) is 15.6. The van der Waals surface area contributed by atoms with Crippen LogP contribution < -0.4 is 5.32 Å². The highest BCUT2D eigenvalue weighted by molar-refractivity contribution is 7.99. The number of carbonyl (C=O) groups is 1. The molecule has 0 saturated heterocycles. The molecule has 0 saturated carbocycles. The minimum Gasteiger partial charge on any atom is -0.467 e. The molecule has 2 aromatic rings. The van der Waals surface area contributed by atoms with E-state index < -0.39 is 6.10 Å². The minimum absolute atomic E-state index is 0.0940. The predicted octanol–water partition coefficient (Wildman–Crippen LogP) is 2.75. The van der Waals surface area contributed by atoms with Crippen molar-refractivity contribution in [2.75, 3.05) is 12.3 Å². The van der Waals surface area contributed by atoms with Crippen LogP contribution in [0.25, 0.3) is 0 Å². The number of halogens is 1. The average molecular weight is 309 g/mol. The Kier molecular flexibility index (Phi) is 5.83. The van der Waals surface area contributed by atoms with Crippen molar-refractivity contribution in [3.05, 3.63) is 54.2 Å². The highest BCUT2D eigenvalue weighted by atomic mass is 32.2. The SMILES string of the molecule is O=C(CCSc1ccccc1F)NCC(O)c1ccco1. The standard InChI is InChI=1S/C15H16FNO3S/c16-11-4-1-2-6-14(11)21-9-7-15(19)17-10-12(18)13-5-3-8-20-13/h1-6,8,12,18H,7,9-10H2,(H,17,19). The van der Waals surface area contributed by atoms with Crippen molar-refractivity contribution >= 4 is 17.7 Å². The smallest absolute Gasteiger partial charge is 0.220 e. The van der Waals surface area contributed by atoms with E-state index in [1.165, 1.54) is 24.1 Å². The summed E-state index contributed by atoms with van der Waals surface area (Å²) in [7, 11) is 0. The Bertz CT molecular complexity index is 574. The summed E-state index contributed by atoms with van der Waals surface area (Å²) in [6, 6.07) is 9.77. The number of hydrogen-bond acceptors (Lipinski definition) is 4. The molecule has 1 atom stereocenters. The molecule has 0 radical (unpaired) electrons. The number of aliphatic hydroxyl groups excluding tert-OH is 1. The van der Waals surface area contributed by atoms with E-state index in [9.17, 15) is 14.3 Å². The normalized spacial score (nSPS) is 12.1. The van der Waals surface area contributed by atoms with E-state index in [-0.39, 0.29) is 24.7 Å². The van der Waals surface area contributed by atoms with Gasteiger partial charge in [0.05, 0.1) is 12.8 Å². The van der Waals surface area contributed by atoms with Gasteiger partial charge in [0.2, 0.25) is 5.91 Å². The van der Waals surface area contributed by atoms with E-state index >= 15 is 0 Å². The van der Waals surface area contributed by atoms with Crippen LogP contribution in [-0.4, -0.2) is 23.3 Å². The largest absolute Gasteiger partial charge is 0.467 e. The molecule has 2 rings (SSSR count). The molecule has 1 heterocycles. The van der Waals surface area contributed by atoms with Gasteiger partial charge in [0.1, 0.15) is 17.7 Å². The summed E-state index contributed by atoms with van der Waals surface area (Å²) in [5.41, 5.74) is 0. The first-order valence-corrected chi connectivity index (χ1v) is 7.51. The van der Waals surface area contributed by atoms with E-state index in [0.29, 0.717) is 16.4 Å². The maximum atomic E-state index is 13.4. The Hall–Kier alpha value is -1.79. The zero-order chi connectivity index (χ0) is 15.1. The lowest BCUT2D eigenvalue weighted by molar-refractivity contribution is -0.121. The van der Waals surface area contributed by atoms with Gasteiger partial charge < -0.3 is 14.8 Å². The topological polar surface area (TPSA) is 62.5 Å². The summed E-state index contributed by atoms with van der Waals surface area (Å²) in [5.74, 6) is 0.417. The summed E-state index contributed by atoms with van der Waals surface area (Å²) in [5, 5.41) is 12.4. The lowest BCUT2D eigenvalue weighted by Crippen LogP contribution is -2.28. The Balaban J connectivity index is 1.67. The van der Waals surface area contributed by atoms with Crippen LogP contribution >= 0.6 is 11.8 Å². The summed E-state index contributed by atoms with van der Waals surface area (Å²) in [6.07, 6.45) is 0.859. The van der Waals surface area contributed by atoms with E-state index in [2.05, 4.69) is 5.32 Å².